The zero-order valence-corrected chi connectivity index (χ0v) is 14.0. The first-order valence-corrected chi connectivity index (χ1v) is 7.91. The molecule has 0 bridgehead atoms. The molecule has 25 heavy (non-hydrogen) atoms. The van der Waals surface area contributed by atoms with Crippen molar-refractivity contribution in [2.75, 3.05) is 0 Å². The number of hydrogen-bond acceptors (Lipinski definition) is 3. The Morgan fingerprint density at radius 2 is 1.80 bits per heavy atom. The fourth-order valence-electron chi connectivity index (χ4n) is 2.87. The van der Waals surface area contributed by atoms with Gasteiger partial charge in [-0.3, -0.25) is 14.8 Å². The lowest BCUT2D eigenvalue weighted by molar-refractivity contribution is 0.0706. The average Bonchev–Trinajstić information content (AvgIpc) is 2.98. The molecule has 0 saturated heterocycles. The topological polar surface area (TPSA) is 83.4 Å². The first-order chi connectivity index (χ1) is 12.0. The Bertz CT molecular complexity index is 946. The minimum atomic E-state index is -0.589. The zero-order valence-electron chi connectivity index (χ0n) is 14.0. The van der Waals surface area contributed by atoms with E-state index in [-0.39, 0.29) is 11.9 Å². The van der Waals surface area contributed by atoms with E-state index in [0.29, 0.717) is 11.3 Å². The molecular formula is C19H19N3O3. The van der Waals surface area contributed by atoms with Crippen LogP contribution >= 0.6 is 0 Å². The Kier molecular flexibility index (Phi) is 4.54. The number of nitrogens with one attached hydrogen (secondary N) is 2. The number of benzene rings is 2. The molecule has 0 saturated carbocycles. The Morgan fingerprint density at radius 3 is 2.52 bits per heavy atom. The highest BCUT2D eigenvalue weighted by atomic mass is 16.5. The number of aryl methyl sites for hydroxylation is 1. The molecule has 3 aromatic rings. The molecule has 0 aliphatic rings. The molecule has 0 aliphatic heterocycles. The molecule has 3 N–H and O–H groups in total. The van der Waals surface area contributed by atoms with Crippen molar-refractivity contribution in [1.82, 2.24) is 15.4 Å². The normalized spacial score (nSPS) is 12.0. The summed E-state index contributed by atoms with van der Waals surface area (Å²) in [7, 11) is 1.86. The lowest BCUT2D eigenvalue weighted by atomic mass is 10.0. The van der Waals surface area contributed by atoms with Crippen molar-refractivity contribution >= 4 is 22.7 Å². The van der Waals surface area contributed by atoms with Crippen molar-refractivity contribution in [2.45, 2.75) is 13.0 Å². The zero-order chi connectivity index (χ0) is 18.0. The number of amides is 2. The number of para-hydroxylation sites is 1. The van der Waals surface area contributed by atoms with Gasteiger partial charge >= 0.3 is 0 Å². The fraction of sp³-hybridized carbons (Fsp3) is 0.158. The number of nitrogens with zero attached hydrogens (tertiary/aromatic N) is 1. The molecule has 0 aliphatic carbocycles. The van der Waals surface area contributed by atoms with E-state index in [9.17, 15) is 9.59 Å². The van der Waals surface area contributed by atoms with E-state index in [4.69, 9.17) is 5.21 Å². The monoisotopic (exact) mass is 337 g/mol. The highest BCUT2D eigenvalue weighted by Crippen LogP contribution is 2.20. The SMILES string of the molecule is C[C@@H](NC(=O)c1cc2ccccc2n1C)c1cccc(C(=O)NO)c1. The molecule has 128 valence electrons. The van der Waals surface area contributed by atoms with Gasteiger partial charge in [0.05, 0.1) is 6.04 Å². The summed E-state index contributed by atoms with van der Waals surface area (Å²) in [6.07, 6.45) is 0. The lowest BCUT2D eigenvalue weighted by Crippen LogP contribution is -2.28. The minimum absolute atomic E-state index is 0.191. The summed E-state index contributed by atoms with van der Waals surface area (Å²) in [6.45, 7) is 1.84. The van der Waals surface area contributed by atoms with Gasteiger partial charge in [-0.25, -0.2) is 5.48 Å². The van der Waals surface area contributed by atoms with Gasteiger partial charge in [0.25, 0.3) is 11.8 Å². The van der Waals surface area contributed by atoms with Crippen LogP contribution in [0.4, 0.5) is 0 Å². The second-order valence-electron chi connectivity index (χ2n) is 5.91. The standard InChI is InChI=1S/C19H19N3O3/c1-12(13-7-5-8-15(10-13)18(23)21-25)20-19(24)17-11-14-6-3-4-9-16(14)22(17)2/h3-12,25H,1-2H3,(H,20,24)(H,21,23)/t12-/m1/s1. The van der Waals surface area contributed by atoms with Gasteiger partial charge in [-0.15, -0.1) is 0 Å². The summed E-state index contributed by atoms with van der Waals surface area (Å²) < 4.78 is 1.85. The lowest BCUT2D eigenvalue weighted by Gasteiger charge is -2.15. The van der Waals surface area contributed by atoms with E-state index in [2.05, 4.69) is 5.32 Å². The third-order valence-corrected chi connectivity index (χ3v) is 4.28. The molecule has 1 atom stereocenters. The molecule has 3 rings (SSSR count). The van der Waals surface area contributed by atoms with Gasteiger partial charge in [-0.1, -0.05) is 30.3 Å². The van der Waals surface area contributed by atoms with Crippen molar-refractivity contribution in [3.8, 4) is 0 Å². The molecule has 0 unspecified atom stereocenters. The first kappa shape index (κ1) is 16.7. The highest BCUT2D eigenvalue weighted by molar-refractivity contribution is 5.99. The van der Waals surface area contributed by atoms with Gasteiger partial charge in [0.15, 0.2) is 0 Å². The van der Waals surface area contributed by atoms with E-state index in [1.54, 1.807) is 23.7 Å². The predicted octanol–water partition coefficient (Wildman–Crippen LogP) is 2.79. The van der Waals surface area contributed by atoms with E-state index in [0.717, 1.165) is 16.5 Å². The molecule has 0 fully saturated rings. The van der Waals surface area contributed by atoms with Crippen LogP contribution in [0.1, 0.15) is 39.4 Å². The van der Waals surface area contributed by atoms with Gasteiger partial charge in [0.1, 0.15) is 5.69 Å². The third kappa shape index (κ3) is 3.25. The molecule has 1 aromatic heterocycles. The van der Waals surface area contributed by atoms with Crippen molar-refractivity contribution in [3.63, 3.8) is 0 Å². The van der Waals surface area contributed by atoms with Gasteiger partial charge in [0, 0.05) is 23.5 Å². The van der Waals surface area contributed by atoms with Crippen molar-refractivity contribution < 1.29 is 14.8 Å². The van der Waals surface area contributed by atoms with E-state index < -0.39 is 5.91 Å². The van der Waals surface area contributed by atoms with Crippen molar-refractivity contribution in [1.29, 1.82) is 0 Å². The third-order valence-electron chi connectivity index (χ3n) is 4.28. The second-order valence-corrected chi connectivity index (χ2v) is 5.91. The molecule has 6 heteroatoms. The molecule has 6 nitrogen and oxygen atoms in total. The molecular weight excluding hydrogens is 318 g/mol. The van der Waals surface area contributed by atoms with Crippen LogP contribution in [0.5, 0.6) is 0 Å². The summed E-state index contributed by atoms with van der Waals surface area (Å²) in [4.78, 5) is 24.2. The number of carbonyl (C=O) groups is 2. The van der Waals surface area contributed by atoms with Crippen LogP contribution in [0.25, 0.3) is 10.9 Å². The summed E-state index contributed by atoms with van der Waals surface area (Å²) in [5, 5.41) is 12.7. The quantitative estimate of drug-likeness (QED) is 0.506. The summed E-state index contributed by atoms with van der Waals surface area (Å²) >= 11 is 0. The van der Waals surface area contributed by atoms with Crippen LogP contribution in [-0.4, -0.2) is 21.6 Å². The van der Waals surface area contributed by atoms with Crippen LogP contribution < -0.4 is 10.8 Å². The summed E-state index contributed by atoms with van der Waals surface area (Å²) in [6, 6.07) is 16.1. The van der Waals surface area contributed by atoms with Crippen molar-refractivity contribution in [3.05, 3.63) is 71.4 Å². The van der Waals surface area contributed by atoms with Crippen LogP contribution in [0, 0.1) is 0 Å². The van der Waals surface area contributed by atoms with Crippen molar-refractivity contribution in [2.24, 2.45) is 7.05 Å². The second kappa shape index (κ2) is 6.78. The number of carbonyl (C=O) groups excluding carboxylic acids is 2. The first-order valence-electron chi connectivity index (χ1n) is 7.91. The van der Waals surface area contributed by atoms with Gasteiger partial charge in [0.2, 0.25) is 0 Å². The van der Waals surface area contributed by atoms with E-state index in [1.807, 2.05) is 54.9 Å². The van der Waals surface area contributed by atoms with Gasteiger partial charge < -0.3 is 9.88 Å². The number of aromatic nitrogens is 1. The predicted molar refractivity (Wildman–Crippen MR) is 94.5 cm³/mol. The fourth-order valence-corrected chi connectivity index (χ4v) is 2.87. The molecule has 2 aromatic carbocycles. The number of rotatable bonds is 4. The van der Waals surface area contributed by atoms with Crippen LogP contribution in [-0.2, 0) is 7.05 Å². The number of hydroxylamine groups is 1. The Labute approximate surface area is 145 Å². The average molecular weight is 337 g/mol. The minimum Gasteiger partial charge on any atom is -0.344 e. The maximum Gasteiger partial charge on any atom is 0.274 e. The molecule has 2 amide bonds. The van der Waals surface area contributed by atoms with Crippen LogP contribution in [0.2, 0.25) is 0 Å². The number of hydrogen-bond donors (Lipinski definition) is 3. The Hall–Kier alpha value is -3.12. The number of fused-ring (bicyclic) bond motifs is 1. The highest BCUT2D eigenvalue weighted by Gasteiger charge is 2.17. The van der Waals surface area contributed by atoms with E-state index in [1.165, 1.54) is 0 Å². The van der Waals surface area contributed by atoms with E-state index >= 15 is 0 Å². The van der Waals surface area contributed by atoms with Gasteiger partial charge in [-0.05, 0) is 36.8 Å². The Balaban J connectivity index is 1.82. The van der Waals surface area contributed by atoms with Gasteiger partial charge in [-0.2, -0.15) is 0 Å². The summed E-state index contributed by atoms with van der Waals surface area (Å²) in [5.41, 5.74) is 4.26. The largest absolute Gasteiger partial charge is 0.344 e. The Morgan fingerprint density at radius 1 is 1.04 bits per heavy atom. The maximum absolute atomic E-state index is 12.6. The molecule has 1 heterocycles. The summed E-state index contributed by atoms with van der Waals surface area (Å²) in [5.74, 6) is -0.780. The molecule has 0 spiro atoms. The molecule has 0 radical (unpaired) electrons. The maximum atomic E-state index is 12.6. The smallest absolute Gasteiger partial charge is 0.274 e. The van der Waals surface area contributed by atoms with Crippen LogP contribution in [0.3, 0.4) is 0 Å². The van der Waals surface area contributed by atoms with Crippen LogP contribution in [0.15, 0.2) is 54.6 Å².